The average Bonchev–Trinajstić information content (AvgIpc) is 3.10. The molecular weight excluding hydrogens is 390 g/mol. The number of nitrogens with zero attached hydrogens (tertiary/aromatic N) is 5. The first-order valence-corrected chi connectivity index (χ1v) is 11.2. The summed E-state index contributed by atoms with van der Waals surface area (Å²) in [6.45, 7) is 5.45. The number of anilines is 1. The van der Waals surface area contributed by atoms with Crippen LogP contribution in [-0.4, -0.2) is 64.7 Å². The third-order valence-corrected chi connectivity index (χ3v) is 5.95. The molecular formula is C20H26FN6OP. The Morgan fingerprint density at radius 2 is 2.10 bits per heavy atom. The molecule has 0 saturated carbocycles. The summed E-state index contributed by atoms with van der Waals surface area (Å²) in [5, 5.41) is 8.76. The maximum absolute atomic E-state index is 14.8. The topological polar surface area (TPSA) is 68.1 Å². The lowest BCUT2D eigenvalue weighted by Crippen LogP contribution is -2.38. The maximum Gasteiger partial charge on any atom is 0.320 e. The first kappa shape index (κ1) is 20.0. The quantitative estimate of drug-likeness (QED) is 0.642. The summed E-state index contributed by atoms with van der Waals surface area (Å²) in [6.07, 6.45) is 1.75. The Bertz CT molecular complexity index is 1030. The maximum atomic E-state index is 14.8. The van der Waals surface area contributed by atoms with E-state index in [0.29, 0.717) is 26.9 Å². The van der Waals surface area contributed by atoms with Crippen LogP contribution in [0, 0.1) is 6.92 Å². The zero-order valence-electron chi connectivity index (χ0n) is 17.1. The number of methoxy groups -OCH3 is 1. The highest BCUT2D eigenvalue weighted by Gasteiger charge is 2.30. The number of hydrogen-bond acceptors (Lipinski definition) is 6. The van der Waals surface area contributed by atoms with Gasteiger partial charge in [-0.25, -0.2) is 9.07 Å². The molecule has 0 radical (unpaired) electrons. The van der Waals surface area contributed by atoms with E-state index in [-0.39, 0.29) is 11.9 Å². The van der Waals surface area contributed by atoms with E-state index in [1.807, 2.05) is 26.0 Å². The molecule has 1 aliphatic heterocycles. The molecule has 0 amide bonds. The van der Waals surface area contributed by atoms with Crippen molar-refractivity contribution in [2.24, 2.45) is 0 Å². The number of hydrogen-bond donors (Lipinski definition) is 1. The van der Waals surface area contributed by atoms with Crippen LogP contribution in [0.4, 0.5) is 10.2 Å². The molecule has 4 rings (SSSR count). The van der Waals surface area contributed by atoms with Crippen molar-refractivity contribution in [1.29, 1.82) is 0 Å². The smallest absolute Gasteiger partial charge is 0.320 e. The number of aromatic nitrogens is 4. The molecule has 3 atom stereocenters. The normalized spacial score (nSPS) is 20.6. The molecule has 7 nitrogen and oxygen atoms in total. The fraction of sp³-hybridized carbons (Fsp3) is 0.450. The zero-order chi connectivity index (χ0) is 20.5. The van der Waals surface area contributed by atoms with Gasteiger partial charge >= 0.3 is 6.01 Å². The van der Waals surface area contributed by atoms with Crippen LogP contribution in [0.25, 0.3) is 16.7 Å². The Balaban J connectivity index is 1.80. The molecule has 3 aromatic rings. The van der Waals surface area contributed by atoms with E-state index in [9.17, 15) is 4.39 Å². The van der Waals surface area contributed by atoms with Crippen LogP contribution < -0.4 is 9.82 Å². The van der Waals surface area contributed by atoms with Gasteiger partial charge in [0.25, 0.3) is 0 Å². The molecule has 154 valence electrons. The SMILES string of the molecule is COc1nc(NPC)cc(-n2ncc3cc(C)c(C4CCN(C)CC4F)cc32)n1. The minimum absolute atomic E-state index is 0.0996. The van der Waals surface area contributed by atoms with Crippen LogP contribution in [0.3, 0.4) is 0 Å². The number of alkyl halides is 1. The summed E-state index contributed by atoms with van der Waals surface area (Å²) in [4.78, 5) is 10.8. The van der Waals surface area contributed by atoms with Gasteiger partial charge in [-0.2, -0.15) is 15.1 Å². The number of fused-ring (bicyclic) bond motifs is 1. The Labute approximate surface area is 171 Å². The van der Waals surface area contributed by atoms with Crippen molar-refractivity contribution in [3.8, 4) is 11.8 Å². The fourth-order valence-corrected chi connectivity index (χ4v) is 4.38. The summed E-state index contributed by atoms with van der Waals surface area (Å²) in [6, 6.07) is 6.28. The van der Waals surface area contributed by atoms with E-state index in [2.05, 4.69) is 44.1 Å². The van der Waals surface area contributed by atoms with E-state index in [0.717, 1.165) is 35.0 Å². The Hall–Kier alpha value is -2.31. The van der Waals surface area contributed by atoms with Gasteiger partial charge < -0.3 is 14.7 Å². The van der Waals surface area contributed by atoms with Gasteiger partial charge in [-0.05, 0) is 65.6 Å². The number of ether oxygens (including phenoxy) is 1. The largest absolute Gasteiger partial charge is 0.467 e. The minimum Gasteiger partial charge on any atom is -0.467 e. The minimum atomic E-state index is -0.873. The monoisotopic (exact) mass is 416 g/mol. The van der Waals surface area contributed by atoms with Crippen molar-refractivity contribution in [2.75, 3.05) is 39.0 Å². The fourth-order valence-electron chi connectivity index (χ4n) is 4.00. The van der Waals surface area contributed by atoms with Crippen LogP contribution in [0.2, 0.25) is 0 Å². The van der Waals surface area contributed by atoms with Crippen molar-refractivity contribution >= 4 is 25.5 Å². The second-order valence-corrected chi connectivity index (χ2v) is 8.22. The third kappa shape index (κ3) is 3.91. The second kappa shape index (κ2) is 8.20. The van der Waals surface area contributed by atoms with Crippen LogP contribution in [0.1, 0.15) is 23.5 Å². The lowest BCUT2D eigenvalue weighted by Gasteiger charge is -2.33. The molecule has 1 fully saturated rings. The number of halogens is 1. The van der Waals surface area contributed by atoms with Crippen LogP contribution in [-0.2, 0) is 0 Å². The summed E-state index contributed by atoms with van der Waals surface area (Å²) in [7, 11) is 4.01. The Kier molecular flexibility index (Phi) is 5.65. The predicted octanol–water partition coefficient (Wildman–Crippen LogP) is 3.52. The second-order valence-electron chi connectivity index (χ2n) is 7.47. The van der Waals surface area contributed by atoms with E-state index in [1.165, 1.54) is 0 Å². The average molecular weight is 416 g/mol. The molecule has 3 heterocycles. The molecule has 1 aromatic carbocycles. The lowest BCUT2D eigenvalue weighted by atomic mass is 9.85. The molecule has 0 aliphatic carbocycles. The van der Waals surface area contributed by atoms with E-state index in [1.54, 1.807) is 11.8 Å². The van der Waals surface area contributed by atoms with E-state index in [4.69, 9.17) is 4.74 Å². The highest BCUT2D eigenvalue weighted by molar-refractivity contribution is 7.38. The van der Waals surface area contributed by atoms with Gasteiger partial charge in [0.2, 0.25) is 0 Å². The molecule has 1 aliphatic rings. The third-order valence-electron chi connectivity index (χ3n) is 5.44. The van der Waals surface area contributed by atoms with Gasteiger partial charge in [-0.3, -0.25) is 0 Å². The molecule has 2 aromatic heterocycles. The van der Waals surface area contributed by atoms with Gasteiger partial charge in [0.1, 0.15) is 12.0 Å². The lowest BCUT2D eigenvalue weighted by molar-refractivity contribution is 0.139. The molecule has 1 saturated heterocycles. The summed E-state index contributed by atoms with van der Waals surface area (Å²) in [5.41, 5.74) is 3.06. The number of aryl methyl sites for hydroxylation is 1. The standard InChI is InChI=1S/C20H26FN6OP/c1-12-7-13-10-22-27(19-9-18(25-29-4)23-20(24-19)28-3)17(13)8-15(12)14-5-6-26(2)11-16(14)21/h7-10,14,16,29H,5-6,11H2,1-4H3,(H,23,24,25). The highest BCUT2D eigenvalue weighted by atomic mass is 31.1. The summed E-state index contributed by atoms with van der Waals surface area (Å²) >= 11 is 0. The molecule has 0 bridgehead atoms. The molecule has 3 unspecified atom stereocenters. The Morgan fingerprint density at radius 3 is 2.83 bits per heavy atom. The van der Waals surface area contributed by atoms with E-state index >= 15 is 0 Å². The van der Waals surface area contributed by atoms with Crippen molar-refractivity contribution in [2.45, 2.75) is 25.4 Å². The first-order valence-electron chi connectivity index (χ1n) is 9.67. The number of nitrogens with one attached hydrogen (secondary N) is 1. The van der Waals surface area contributed by atoms with Crippen LogP contribution >= 0.6 is 8.73 Å². The van der Waals surface area contributed by atoms with Gasteiger partial charge in [0.15, 0.2) is 5.82 Å². The summed E-state index contributed by atoms with van der Waals surface area (Å²) in [5.74, 6) is 1.20. The first-order chi connectivity index (χ1) is 14.0. The van der Waals surface area contributed by atoms with Gasteiger partial charge in [0, 0.05) is 23.9 Å². The summed E-state index contributed by atoms with van der Waals surface area (Å²) < 4.78 is 21.9. The van der Waals surface area contributed by atoms with Crippen LogP contribution in [0.5, 0.6) is 6.01 Å². The number of benzene rings is 1. The van der Waals surface area contributed by atoms with Crippen LogP contribution in [0.15, 0.2) is 24.4 Å². The number of rotatable bonds is 5. The van der Waals surface area contributed by atoms with Gasteiger partial charge in [-0.1, -0.05) is 0 Å². The molecule has 1 N–H and O–H groups in total. The number of piperidine rings is 1. The number of likely N-dealkylation sites (tertiary alicyclic amines) is 1. The molecule has 9 heteroatoms. The zero-order valence-corrected chi connectivity index (χ0v) is 18.1. The molecule has 0 spiro atoms. The van der Waals surface area contributed by atoms with Crippen molar-refractivity contribution in [3.05, 3.63) is 35.5 Å². The highest BCUT2D eigenvalue weighted by Crippen LogP contribution is 2.35. The van der Waals surface area contributed by atoms with Crippen molar-refractivity contribution in [1.82, 2.24) is 24.6 Å². The molecule has 29 heavy (non-hydrogen) atoms. The Morgan fingerprint density at radius 1 is 1.28 bits per heavy atom. The van der Waals surface area contributed by atoms with Gasteiger partial charge in [0.05, 0.1) is 18.8 Å². The van der Waals surface area contributed by atoms with Crippen molar-refractivity contribution in [3.63, 3.8) is 0 Å². The van der Waals surface area contributed by atoms with E-state index < -0.39 is 6.17 Å². The van der Waals surface area contributed by atoms with Gasteiger partial charge in [-0.15, -0.1) is 0 Å². The van der Waals surface area contributed by atoms with Crippen molar-refractivity contribution < 1.29 is 9.13 Å². The predicted molar refractivity (Wildman–Crippen MR) is 116 cm³/mol.